The van der Waals surface area contributed by atoms with E-state index in [1.54, 1.807) is 0 Å². The second kappa shape index (κ2) is 9.67. The minimum atomic E-state index is 0.161. The van der Waals surface area contributed by atoms with E-state index in [1.807, 2.05) is 26.0 Å². The SMILES string of the molecule is CCCCOCCCNCC(=O)c1ccc(C)cc1C. The first-order chi connectivity index (χ1) is 9.65. The summed E-state index contributed by atoms with van der Waals surface area (Å²) in [7, 11) is 0. The third-order valence-corrected chi connectivity index (χ3v) is 3.25. The Hall–Kier alpha value is -1.19. The van der Waals surface area contributed by atoms with Crippen molar-refractivity contribution in [2.75, 3.05) is 26.3 Å². The molecular weight excluding hydrogens is 250 g/mol. The first-order valence-corrected chi connectivity index (χ1v) is 7.54. The Morgan fingerprint density at radius 1 is 1.20 bits per heavy atom. The number of aryl methyl sites for hydroxylation is 2. The fourth-order valence-corrected chi connectivity index (χ4v) is 2.07. The quantitative estimate of drug-likeness (QED) is 0.527. The molecule has 0 aliphatic heterocycles. The number of rotatable bonds is 10. The lowest BCUT2D eigenvalue weighted by molar-refractivity contribution is 0.0986. The topological polar surface area (TPSA) is 38.3 Å². The third-order valence-electron chi connectivity index (χ3n) is 3.25. The second-order valence-corrected chi connectivity index (χ2v) is 5.24. The van der Waals surface area contributed by atoms with Gasteiger partial charge in [-0.1, -0.05) is 37.1 Å². The molecule has 20 heavy (non-hydrogen) atoms. The van der Waals surface area contributed by atoms with E-state index in [9.17, 15) is 4.79 Å². The minimum absolute atomic E-state index is 0.161. The van der Waals surface area contributed by atoms with Gasteiger partial charge >= 0.3 is 0 Å². The standard InChI is InChI=1S/C17H27NO2/c1-4-5-10-20-11-6-9-18-13-17(19)16-8-7-14(2)12-15(16)3/h7-8,12,18H,4-6,9-11,13H2,1-3H3. The molecular formula is C17H27NO2. The van der Waals surface area contributed by atoms with Crippen molar-refractivity contribution in [3.63, 3.8) is 0 Å². The van der Waals surface area contributed by atoms with Crippen LogP contribution >= 0.6 is 0 Å². The van der Waals surface area contributed by atoms with Crippen LogP contribution in [0.4, 0.5) is 0 Å². The molecule has 1 aromatic rings. The highest BCUT2D eigenvalue weighted by Crippen LogP contribution is 2.10. The summed E-state index contributed by atoms with van der Waals surface area (Å²) in [5.74, 6) is 0.161. The van der Waals surface area contributed by atoms with Crippen LogP contribution in [0, 0.1) is 13.8 Å². The Morgan fingerprint density at radius 3 is 2.65 bits per heavy atom. The predicted octanol–water partition coefficient (Wildman–Crippen LogP) is 3.28. The Kier molecular flexibility index (Phi) is 8.16. The van der Waals surface area contributed by atoms with E-state index in [2.05, 4.69) is 18.3 Å². The maximum Gasteiger partial charge on any atom is 0.176 e. The number of hydrogen-bond acceptors (Lipinski definition) is 3. The van der Waals surface area contributed by atoms with Gasteiger partial charge in [0.25, 0.3) is 0 Å². The van der Waals surface area contributed by atoms with Crippen LogP contribution < -0.4 is 5.32 Å². The average Bonchev–Trinajstić information content (AvgIpc) is 2.41. The van der Waals surface area contributed by atoms with Gasteiger partial charge in [-0.15, -0.1) is 0 Å². The van der Waals surface area contributed by atoms with Gasteiger partial charge in [0.2, 0.25) is 0 Å². The molecule has 0 heterocycles. The number of benzene rings is 1. The molecule has 0 bridgehead atoms. The zero-order valence-corrected chi connectivity index (χ0v) is 13.0. The van der Waals surface area contributed by atoms with Crippen molar-refractivity contribution in [2.45, 2.75) is 40.0 Å². The molecule has 0 atom stereocenters. The zero-order valence-electron chi connectivity index (χ0n) is 13.0. The Bertz CT molecular complexity index is 415. The molecule has 1 N–H and O–H groups in total. The van der Waals surface area contributed by atoms with Crippen LogP contribution in [-0.4, -0.2) is 32.1 Å². The Morgan fingerprint density at radius 2 is 1.95 bits per heavy atom. The summed E-state index contributed by atoms with van der Waals surface area (Å²) in [6, 6.07) is 5.96. The van der Waals surface area contributed by atoms with Crippen LogP contribution in [0.25, 0.3) is 0 Å². The first kappa shape index (κ1) is 16.9. The molecule has 0 aliphatic rings. The lowest BCUT2D eigenvalue weighted by Gasteiger charge is -2.08. The van der Waals surface area contributed by atoms with E-state index in [-0.39, 0.29) is 5.78 Å². The van der Waals surface area contributed by atoms with Crippen LogP contribution in [0.1, 0.15) is 47.7 Å². The molecule has 0 amide bonds. The molecule has 0 fully saturated rings. The van der Waals surface area contributed by atoms with Crippen LogP contribution in [0.3, 0.4) is 0 Å². The highest BCUT2D eigenvalue weighted by Gasteiger charge is 2.08. The molecule has 1 aromatic carbocycles. The molecule has 3 nitrogen and oxygen atoms in total. The van der Waals surface area contributed by atoms with Crippen LogP contribution in [-0.2, 0) is 4.74 Å². The van der Waals surface area contributed by atoms with E-state index in [0.717, 1.165) is 43.7 Å². The number of carbonyl (C=O) groups is 1. The van der Waals surface area contributed by atoms with Crippen molar-refractivity contribution in [1.82, 2.24) is 5.32 Å². The summed E-state index contributed by atoms with van der Waals surface area (Å²) >= 11 is 0. The number of hydrogen-bond donors (Lipinski definition) is 1. The number of ketones is 1. The van der Waals surface area contributed by atoms with Crippen molar-refractivity contribution in [2.24, 2.45) is 0 Å². The first-order valence-electron chi connectivity index (χ1n) is 7.54. The molecule has 1 rings (SSSR count). The van der Waals surface area contributed by atoms with E-state index in [1.165, 1.54) is 12.0 Å². The normalized spacial score (nSPS) is 10.8. The average molecular weight is 277 g/mol. The van der Waals surface area contributed by atoms with Gasteiger partial charge in [-0.25, -0.2) is 0 Å². The molecule has 0 aromatic heterocycles. The van der Waals surface area contributed by atoms with Crippen molar-refractivity contribution >= 4 is 5.78 Å². The maximum atomic E-state index is 12.1. The predicted molar refractivity (Wildman–Crippen MR) is 83.5 cm³/mol. The Labute approximate surface area is 122 Å². The monoisotopic (exact) mass is 277 g/mol. The number of unbranched alkanes of at least 4 members (excludes halogenated alkanes) is 1. The molecule has 0 spiro atoms. The van der Waals surface area contributed by atoms with E-state index in [0.29, 0.717) is 6.54 Å². The fraction of sp³-hybridized carbons (Fsp3) is 0.588. The second-order valence-electron chi connectivity index (χ2n) is 5.24. The van der Waals surface area contributed by atoms with Crippen molar-refractivity contribution in [3.05, 3.63) is 34.9 Å². The molecule has 3 heteroatoms. The number of nitrogens with one attached hydrogen (secondary N) is 1. The van der Waals surface area contributed by atoms with Crippen LogP contribution in [0.2, 0.25) is 0 Å². The molecule has 0 radical (unpaired) electrons. The van der Waals surface area contributed by atoms with E-state index in [4.69, 9.17) is 4.74 Å². The molecule has 0 saturated heterocycles. The lowest BCUT2D eigenvalue weighted by atomic mass is 10.0. The van der Waals surface area contributed by atoms with Crippen molar-refractivity contribution in [1.29, 1.82) is 0 Å². The summed E-state index contributed by atoms with van der Waals surface area (Å²) in [5, 5.41) is 3.19. The molecule has 0 saturated carbocycles. The summed E-state index contributed by atoms with van der Waals surface area (Å²) < 4.78 is 5.47. The van der Waals surface area contributed by atoms with Gasteiger partial charge in [0, 0.05) is 18.8 Å². The van der Waals surface area contributed by atoms with Gasteiger partial charge in [0.1, 0.15) is 0 Å². The van der Waals surface area contributed by atoms with E-state index >= 15 is 0 Å². The van der Waals surface area contributed by atoms with Gasteiger partial charge < -0.3 is 10.1 Å². The summed E-state index contributed by atoms with van der Waals surface area (Å²) in [6.45, 7) is 9.02. The molecule has 0 unspecified atom stereocenters. The summed E-state index contributed by atoms with van der Waals surface area (Å²) in [6.07, 6.45) is 3.24. The van der Waals surface area contributed by atoms with Crippen LogP contribution in [0.15, 0.2) is 18.2 Å². The summed E-state index contributed by atoms with van der Waals surface area (Å²) in [4.78, 5) is 12.1. The fourth-order valence-electron chi connectivity index (χ4n) is 2.07. The number of ether oxygens (including phenoxy) is 1. The number of carbonyl (C=O) groups excluding carboxylic acids is 1. The van der Waals surface area contributed by atoms with Gasteiger partial charge in [0.15, 0.2) is 5.78 Å². The number of Topliss-reactive ketones (excluding diaryl/α,β-unsaturated/α-hetero) is 1. The third kappa shape index (κ3) is 6.31. The zero-order chi connectivity index (χ0) is 14.8. The lowest BCUT2D eigenvalue weighted by Crippen LogP contribution is -2.25. The van der Waals surface area contributed by atoms with Crippen LogP contribution in [0.5, 0.6) is 0 Å². The maximum absolute atomic E-state index is 12.1. The van der Waals surface area contributed by atoms with Gasteiger partial charge in [-0.05, 0) is 38.8 Å². The van der Waals surface area contributed by atoms with E-state index < -0.39 is 0 Å². The van der Waals surface area contributed by atoms with Gasteiger partial charge in [-0.3, -0.25) is 4.79 Å². The molecule has 0 aliphatic carbocycles. The molecule has 112 valence electrons. The highest BCUT2D eigenvalue weighted by atomic mass is 16.5. The van der Waals surface area contributed by atoms with Crippen molar-refractivity contribution < 1.29 is 9.53 Å². The Balaban J connectivity index is 2.17. The highest BCUT2D eigenvalue weighted by molar-refractivity contribution is 5.98. The van der Waals surface area contributed by atoms with Crippen molar-refractivity contribution in [3.8, 4) is 0 Å². The van der Waals surface area contributed by atoms with Gasteiger partial charge in [0.05, 0.1) is 6.54 Å². The van der Waals surface area contributed by atoms with Gasteiger partial charge in [-0.2, -0.15) is 0 Å². The minimum Gasteiger partial charge on any atom is -0.381 e. The largest absolute Gasteiger partial charge is 0.381 e. The smallest absolute Gasteiger partial charge is 0.176 e. The summed E-state index contributed by atoms with van der Waals surface area (Å²) in [5.41, 5.74) is 3.07.